The van der Waals surface area contributed by atoms with Gasteiger partial charge in [0.15, 0.2) is 0 Å². The summed E-state index contributed by atoms with van der Waals surface area (Å²) in [5, 5.41) is 25.8. The van der Waals surface area contributed by atoms with Gasteiger partial charge < -0.3 is 15.3 Å². The number of aliphatic hydroxyl groups excluding tert-OH is 2. The van der Waals surface area contributed by atoms with Crippen molar-refractivity contribution >= 4 is 5.97 Å². The van der Waals surface area contributed by atoms with Crippen LogP contribution < -0.4 is 0 Å². The number of hydrogen-bond donors (Lipinski definition) is 3. The number of aliphatic hydroxyl groups is 2. The third-order valence-corrected chi connectivity index (χ3v) is 2.72. The molecule has 4 heteroatoms. The number of rotatable bonds is 8. The molecule has 0 fully saturated rings. The normalized spacial score (nSPS) is 13.2. The molecule has 0 aromatic carbocycles. The minimum absolute atomic E-state index is 0.0946. The van der Waals surface area contributed by atoms with E-state index in [4.69, 9.17) is 10.2 Å². The molecular weight excluding hydrogens is 232 g/mol. The second kappa shape index (κ2) is 12.6. The van der Waals surface area contributed by atoms with E-state index in [0.717, 1.165) is 12.8 Å². The van der Waals surface area contributed by atoms with Crippen LogP contribution in [0.3, 0.4) is 0 Å². The lowest BCUT2D eigenvalue weighted by Crippen LogP contribution is -2.17. The minimum atomic E-state index is -0.935. The van der Waals surface area contributed by atoms with Crippen LogP contribution in [0.4, 0.5) is 0 Å². The van der Waals surface area contributed by atoms with E-state index in [0.29, 0.717) is 5.92 Å². The van der Waals surface area contributed by atoms with Crippen molar-refractivity contribution in [2.75, 3.05) is 6.61 Å². The Hall–Kier alpha value is -0.870. The summed E-state index contributed by atoms with van der Waals surface area (Å²) in [6, 6.07) is 0. The third-order valence-electron chi connectivity index (χ3n) is 2.72. The maximum Gasteiger partial charge on any atom is 0.330 e. The lowest BCUT2D eigenvalue weighted by Gasteiger charge is -2.16. The lowest BCUT2D eigenvalue weighted by molar-refractivity contribution is -0.132. The Bertz CT molecular complexity index is 214. The minimum Gasteiger partial charge on any atom is -0.478 e. The molecule has 0 aromatic heterocycles. The van der Waals surface area contributed by atoms with Crippen LogP contribution in [0.15, 0.2) is 12.2 Å². The zero-order valence-electron chi connectivity index (χ0n) is 11.9. The van der Waals surface area contributed by atoms with Crippen molar-refractivity contribution in [3.63, 3.8) is 0 Å². The molecule has 3 N–H and O–H groups in total. The highest BCUT2D eigenvalue weighted by Gasteiger charge is 2.11. The summed E-state index contributed by atoms with van der Waals surface area (Å²) in [5.74, 6) is -0.345. The van der Waals surface area contributed by atoms with Crippen molar-refractivity contribution in [2.24, 2.45) is 5.92 Å². The number of hydrogen-bond acceptors (Lipinski definition) is 3. The summed E-state index contributed by atoms with van der Waals surface area (Å²) in [6.07, 6.45) is 4.99. The molecule has 2 unspecified atom stereocenters. The van der Waals surface area contributed by atoms with E-state index in [1.54, 1.807) is 0 Å². The summed E-state index contributed by atoms with van der Waals surface area (Å²) in [5.41, 5.74) is 0.176. The SMILES string of the molecule is C=C(C)C(=O)O.CCCCC(CC)CC(O)CO. The predicted octanol–water partition coefficient (Wildman–Crippen LogP) is 2.59. The monoisotopic (exact) mass is 260 g/mol. The Labute approximate surface area is 110 Å². The fraction of sp³-hybridized carbons (Fsp3) is 0.786. The molecule has 0 saturated carbocycles. The fourth-order valence-corrected chi connectivity index (χ4v) is 1.44. The quantitative estimate of drug-likeness (QED) is 0.586. The maximum atomic E-state index is 9.60. The van der Waals surface area contributed by atoms with E-state index in [9.17, 15) is 9.90 Å². The Morgan fingerprint density at radius 3 is 2.11 bits per heavy atom. The van der Waals surface area contributed by atoms with E-state index in [1.807, 2.05) is 0 Å². The Morgan fingerprint density at radius 2 is 1.83 bits per heavy atom. The Kier molecular flexibility index (Phi) is 13.6. The zero-order chi connectivity index (χ0) is 14.6. The molecule has 0 aliphatic carbocycles. The van der Waals surface area contributed by atoms with Crippen molar-refractivity contribution < 1.29 is 20.1 Å². The van der Waals surface area contributed by atoms with Crippen molar-refractivity contribution in [1.29, 1.82) is 0 Å². The van der Waals surface area contributed by atoms with Gasteiger partial charge in [0, 0.05) is 5.57 Å². The number of aliphatic carboxylic acids is 1. The first-order chi connectivity index (χ1) is 8.38. The van der Waals surface area contributed by atoms with Crippen molar-refractivity contribution in [3.05, 3.63) is 12.2 Å². The number of carbonyl (C=O) groups is 1. The third kappa shape index (κ3) is 13.2. The molecule has 0 aliphatic rings. The summed E-state index contributed by atoms with van der Waals surface area (Å²) in [6.45, 7) is 8.83. The van der Waals surface area contributed by atoms with Gasteiger partial charge in [-0.25, -0.2) is 4.79 Å². The van der Waals surface area contributed by atoms with E-state index in [1.165, 1.54) is 26.2 Å². The molecule has 0 bridgehead atoms. The van der Waals surface area contributed by atoms with E-state index in [2.05, 4.69) is 20.4 Å². The largest absolute Gasteiger partial charge is 0.478 e. The summed E-state index contributed by atoms with van der Waals surface area (Å²) < 4.78 is 0. The first kappa shape index (κ1) is 19.5. The molecule has 0 heterocycles. The van der Waals surface area contributed by atoms with Crippen molar-refractivity contribution in [3.8, 4) is 0 Å². The predicted molar refractivity (Wildman–Crippen MR) is 73.5 cm³/mol. The van der Waals surface area contributed by atoms with E-state index >= 15 is 0 Å². The van der Waals surface area contributed by atoms with Crippen molar-refractivity contribution in [2.45, 2.75) is 59.0 Å². The lowest BCUT2D eigenvalue weighted by atomic mass is 9.93. The number of carboxylic acids is 1. The summed E-state index contributed by atoms with van der Waals surface area (Å²) in [7, 11) is 0. The zero-order valence-corrected chi connectivity index (χ0v) is 11.9. The van der Waals surface area contributed by atoms with Crippen LogP contribution in [0, 0.1) is 5.92 Å². The van der Waals surface area contributed by atoms with Crippen LogP contribution in [-0.4, -0.2) is 34.0 Å². The van der Waals surface area contributed by atoms with Gasteiger partial charge in [-0.05, 0) is 19.3 Å². The molecule has 0 radical (unpaired) electrons. The van der Waals surface area contributed by atoms with Gasteiger partial charge in [0.25, 0.3) is 0 Å². The van der Waals surface area contributed by atoms with Crippen LogP contribution >= 0.6 is 0 Å². The smallest absolute Gasteiger partial charge is 0.330 e. The van der Waals surface area contributed by atoms with Crippen LogP contribution in [0.25, 0.3) is 0 Å². The Morgan fingerprint density at radius 1 is 1.33 bits per heavy atom. The van der Waals surface area contributed by atoms with Crippen LogP contribution in [0.5, 0.6) is 0 Å². The molecule has 0 amide bonds. The second-order valence-corrected chi connectivity index (χ2v) is 4.57. The highest BCUT2D eigenvalue weighted by Crippen LogP contribution is 2.18. The average Bonchev–Trinajstić information content (AvgIpc) is 2.34. The molecule has 0 spiro atoms. The van der Waals surface area contributed by atoms with Gasteiger partial charge in [0.2, 0.25) is 0 Å². The molecule has 0 rings (SSSR count). The first-order valence-corrected chi connectivity index (χ1v) is 6.56. The highest BCUT2D eigenvalue weighted by molar-refractivity contribution is 5.84. The molecular formula is C14H28O4. The van der Waals surface area contributed by atoms with E-state index < -0.39 is 12.1 Å². The average molecular weight is 260 g/mol. The summed E-state index contributed by atoms with van der Waals surface area (Å²) >= 11 is 0. The number of carboxylic acid groups (broad SMARTS) is 1. The molecule has 0 saturated heterocycles. The first-order valence-electron chi connectivity index (χ1n) is 6.56. The molecule has 0 aromatic rings. The maximum absolute atomic E-state index is 9.60. The fourth-order valence-electron chi connectivity index (χ4n) is 1.44. The summed E-state index contributed by atoms with van der Waals surface area (Å²) in [4.78, 5) is 9.60. The van der Waals surface area contributed by atoms with Gasteiger partial charge in [0.05, 0.1) is 12.7 Å². The molecule has 2 atom stereocenters. The van der Waals surface area contributed by atoms with Gasteiger partial charge in [0.1, 0.15) is 0 Å². The van der Waals surface area contributed by atoms with Crippen LogP contribution in [0.1, 0.15) is 52.9 Å². The standard InChI is InChI=1S/C10H22O2.C4H6O2/c1-3-5-6-9(4-2)7-10(12)8-11;1-3(2)4(5)6/h9-12H,3-8H2,1-2H3;1H2,2H3,(H,5,6). The highest BCUT2D eigenvalue weighted by atomic mass is 16.4. The van der Waals surface area contributed by atoms with E-state index in [-0.39, 0.29) is 12.2 Å². The second-order valence-electron chi connectivity index (χ2n) is 4.57. The van der Waals surface area contributed by atoms with Crippen molar-refractivity contribution in [1.82, 2.24) is 0 Å². The molecule has 108 valence electrons. The molecule has 0 aliphatic heterocycles. The molecule has 4 nitrogen and oxygen atoms in total. The van der Waals surface area contributed by atoms with Gasteiger partial charge in [-0.2, -0.15) is 0 Å². The van der Waals surface area contributed by atoms with Gasteiger partial charge in [-0.15, -0.1) is 0 Å². The topological polar surface area (TPSA) is 77.8 Å². The number of unbranched alkanes of at least 4 members (excludes halogenated alkanes) is 1. The Balaban J connectivity index is 0. The van der Waals surface area contributed by atoms with Gasteiger partial charge in [-0.3, -0.25) is 0 Å². The van der Waals surface area contributed by atoms with Gasteiger partial charge in [-0.1, -0.05) is 46.1 Å². The van der Waals surface area contributed by atoms with Crippen LogP contribution in [-0.2, 0) is 4.79 Å². The molecule has 18 heavy (non-hydrogen) atoms. The van der Waals surface area contributed by atoms with Gasteiger partial charge >= 0.3 is 5.97 Å². The van der Waals surface area contributed by atoms with Crippen LogP contribution in [0.2, 0.25) is 0 Å².